The topological polar surface area (TPSA) is 86.3 Å². The third-order valence-electron chi connectivity index (χ3n) is 4.95. The second-order valence-electron chi connectivity index (χ2n) is 7.40. The van der Waals surface area contributed by atoms with Crippen molar-refractivity contribution in [3.63, 3.8) is 0 Å². The average Bonchev–Trinajstić information content (AvgIpc) is 3.16. The smallest absolute Gasteiger partial charge is 0.243 e. The normalized spacial score (nSPS) is 18.3. The molecule has 0 amide bonds. The monoisotopic (exact) mass is 377 g/mol. The number of piperidine rings is 1. The van der Waals surface area contributed by atoms with Crippen molar-refractivity contribution in [2.24, 2.45) is 11.8 Å². The van der Waals surface area contributed by atoms with Crippen molar-refractivity contribution in [1.29, 1.82) is 0 Å². The van der Waals surface area contributed by atoms with Crippen molar-refractivity contribution < 1.29 is 13.5 Å². The van der Waals surface area contributed by atoms with Gasteiger partial charge in [-0.1, -0.05) is 26.0 Å². The summed E-state index contributed by atoms with van der Waals surface area (Å²) in [7, 11) is -3.48. The molecule has 2 heterocycles. The Morgan fingerprint density at radius 3 is 2.42 bits per heavy atom. The van der Waals surface area contributed by atoms with Gasteiger partial charge in [0.2, 0.25) is 10.0 Å². The lowest BCUT2D eigenvalue weighted by Gasteiger charge is -2.33. The molecule has 0 spiro atoms. The summed E-state index contributed by atoms with van der Waals surface area (Å²) >= 11 is 0. The molecular weight excluding hydrogens is 350 g/mol. The van der Waals surface area contributed by atoms with Crippen LogP contribution in [0.5, 0.6) is 0 Å². The number of aliphatic hydroxyl groups excluding tert-OH is 1. The molecule has 1 aliphatic heterocycles. The van der Waals surface area contributed by atoms with Crippen molar-refractivity contribution >= 4 is 10.0 Å². The number of aromatic nitrogens is 2. The van der Waals surface area contributed by atoms with E-state index in [9.17, 15) is 13.5 Å². The van der Waals surface area contributed by atoms with Crippen LogP contribution in [0.15, 0.2) is 41.6 Å². The van der Waals surface area contributed by atoms with Crippen LogP contribution in [0.4, 0.5) is 0 Å². The number of H-pyrrole nitrogens is 1. The first kappa shape index (κ1) is 19.1. The Morgan fingerprint density at radius 1 is 1.23 bits per heavy atom. The van der Waals surface area contributed by atoms with E-state index >= 15 is 0 Å². The molecule has 2 N–H and O–H groups in total. The molecule has 1 aromatic carbocycles. The number of rotatable bonds is 6. The Hall–Kier alpha value is -1.70. The summed E-state index contributed by atoms with van der Waals surface area (Å²) in [6.45, 7) is 5.12. The molecule has 1 atom stereocenters. The molecule has 7 heteroatoms. The van der Waals surface area contributed by atoms with Crippen molar-refractivity contribution in [3.8, 4) is 0 Å². The first-order valence-corrected chi connectivity index (χ1v) is 10.6. The third kappa shape index (κ3) is 4.16. The average molecular weight is 378 g/mol. The van der Waals surface area contributed by atoms with Crippen LogP contribution in [0.3, 0.4) is 0 Å². The Kier molecular flexibility index (Phi) is 5.79. The predicted molar refractivity (Wildman–Crippen MR) is 100 cm³/mol. The summed E-state index contributed by atoms with van der Waals surface area (Å²) in [6.07, 6.45) is 4.79. The molecule has 2 aromatic rings. The zero-order valence-corrected chi connectivity index (χ0v) is 16.1. The van der Waals surface area contributed by atoms with Gasteiger partial charge < -0.3 is 10.1 Å². The van der Waals surface area contributed by atoms with Gasteiger partial charge in [-0.05, 0) is 48.8 Å². The molecule has 3 rings (SSSR count). The highest BCUT2D eigenvalue weighted by atomic mass is 32.2. The van der Waals surface area contributed by atoms with E-state index in [0.717, 1.165) is 12.0 Å². The van der Waals surface area contributed by atoms with Gasteiger partial charge in [-0.25, -0.2) is 13.4 Å². The minimum absolute atomic E-state index is 0.0148. The maximum atomic E-state index is 12.9. The van der Waals surface area contributed by atoms with E-state index in [4.69, 9.17) is 0 Å². The lowest BCUT2D eigenvalue weighted by atomic mass is 9.92. The number of aliphatic hydroxyl groups is 1. The number of aromatic amines is 1. The number of nitrogens with zero attached hydrogens (tertiary/aromatic N) is 2. The predicted octanol–water partition coefficient (Wildman–Crippen LogP) is 2.74. The van der Waals surface area contributed by atoms with Crippen molar-refractivity contribution in [1.82, 2.24) is 14.3 Å². The van der Waals surface area contributed by atoms with E-state index in [1.807, 2.05) is 12.1 Å². The van der Waals surface area contributed by atoms with Crippen LogP contribution in [0.1, 0.15) is 44.2 Å². The summed E-state index contributed by atoms with van der Waals surface area (Å²) in [5, 5.41) is 10.4. The first-order chi connectivity index (χ1) is 12.4. The van der Waals surface area contributed by atoms with Crippen LogP contribution in [-0.4, -0.2) is 40.9 Å². The second-order valence-corrected chi connectivity index (χ2v) is 9.34. The molecule has 1 aromatic heterocycles. The van der Waals surface area contributed by atoms with Gasteiger partial charge in [0.15, 0.2) is 0 Å². The van der Waals surface area contributed by atoms with E-state index in [1.165, 1.54) is 4.31 Å². The van der Waals surface area contributed by atoms with E-state index in [0.29, 0.717) is 42.6 Å². The SMILES string of the molecule is CC(C)Cc1ccc(S(=O)(=O)N2CCC(C(O)c3ncc[nH]3)CC2)cc1. The number of nitrogens with one attached hydrogen (secondary N) is 1. The first-order valence-electron chi connectivity index (χ1n) is 9.14. The molecular formula is C19H27N3O3S. The van der Waals surface area contributed by atoms with Crippen molar-refractivity contribution in [3.05, 3.63) is 48.0 Å². The van der Waals surface area contributed by atoms with Crippen molar-refractivity contribution in [2.75, 3.05) is 13.1 Å². The van der Waals surface area contributed by atoms with E-state index in [1.54, 1.807) is 24.5 Å². The van der Waals surface area contributed by atoms with Crippen LogP contribution < -0.4 is 0 Å². The number of benzene rings is 1. The van der Waals surface area contributed by atoms with E-state index < -0.39 is 16.1 Å². The molecule has 1 aliphatic rings. The highest BCUT2D eigenvalue weighted by molar-refractivity contribution is 7.89. The fourth-order valence-corrected chi connectivity index (χ4v) is 4.98. The highest BCUT2D eigenvalue weighted by Crippen LogP contribution is 2.31. The van der Waals surface area contributed by atoms with Gasteiger partial charge in [-0.15, -0.1) is 0 Å². The molecule has 0 saturated carbocycles. The van der Waals surface area contributed by atoms with Gasteiger partial charge in [0, 0.05) is 25.5 Å². The lowest BCUT2D eigenvalue weighted by Crippen LogP contribution is -2.39. The fourth-order valence-electron chi connectivity index (χ4n) is 3.51. The minimum Gasteiger partial charge on any atom is -0.385 e. The molecule has 1 saturated heterocycles. The number of hydrogen-bond acceptors (Lipinski definition) is 4. The lowest BCUT2D eigenvalue weighted by molar-refractivity contribution is 0.0696. The van der Waals surface area contributed by atoms with Gasteiger partial charge >= 0.3 is 0 Å². The van der Waals surface area contributed by atoms with Crippen LogP contribution in [0, 0.1) is 11.8 Å². The number of sulfonamides is 1. The molecule has 1 unspecified atom stereocenters. The van der Waals surface area contributed by atoms with Gasteiger partial charge in [-0.3, -0.25) is 0 Å². The van der Waals surface area contributed by atoms with Gasteiger partial charge in [-0.2, -0.15) is 4.31 Å². The van der Waals surface area contributed by atoms with Crippen LogP contribution in [0.2, 0.25) is 0 Å². The third-order valence-corrected chi connectivity index (χ3v) is 6.86. The molecule has 6 nitrogen and oxygen atoms in total. The van der Waals surface area contributed by atoms with Gasteiger partial charge in [0.25, 0.3) is 0 Å². The second kappa shape index (κ2) is 7.90. The van der Waals surface area contributed by atoms with Crippen molar-refractivity contribution in [2.45, 2.75) is 44.1 Å². The Morgan fingerprint density at radius 2 is 1.88 bits per heavy atom. The maximum Gasteiger partial charge on any atom is 0.243 e. The zero-order chi connectivity index (χ0) is 18.7. The zero-order valence-electron chi connectivity index (χ0n) is 15.3. The summed E-state index contributed by atoms with van der Waals surface area (Å²) in [4.78, 5) is 7.37. The summed E-state index contributed by atoms with van der Waals surface area (Å²) in [5.74, 6) is 1.10. The number of hydrogen-bond donors (Lipinski definition) is 2. The Balaban J connectivity index is 1.64. The largest absolute Gasteiger partial charge is 0.385 e. The summed E-state index contributed by atoms with van der Waals surface area (Å²) in [6, 6.07) is 7.22. The quantitative estimate of drug-likeness (QED) is 0.810. The van der Waals surface area contributed by atoms with Crippen LogP contribution in [-0.2, 0) is 16.4 Å². The van der Waals surface area contributed by atoms with Gasteiger partial charge in [0.05, 0.1) is 4.90 Å². The minimum atomic E-state index is -3.48. The fraction of sp³-hybridized carbons (Fsp3) is 0.526. The summed E-state index contributed by atoms with van der Waals surface area (Å²) in [5.41, 5.74) is 1.15. The Labute approximate surface area is 155 Å². The van der Waals surface area contributed by atoms with E-state index in [-0.39, 0.29) is 5.92 Å². The van der Waals surface area contributed by atoms with E-state index in [2.05, 4.69) is 23.8 Å². The molecule has 142 valence electrons. The maximum absolute atomic E-state index is 12.9. The molecule has 0 aliphatic carbocycles. The van der Waals surface area contributed by atoms with Crippen LogP contribution in [0.25, 0.3) is 0 Å². The molecule has 0 radical (unpaired) electrons. The standard InChI is InChI=1S/C19H27N3O3S/c1-14(2)13-15-3-5-17(6-4-15)26(24,25)22-11-7-16(8-12-22)18(23)19-20-9-10-21-19/h3-6,9-10,14,16,18,23H,7-8,11-13H2,1-2H3,(H,20,21). The van der Waals surface area contributed by atoms with Crippen LogP contribution >= 0.6 is 0 Å². The Bertz CT molecular complexity index is 793. The van der Waals surface area contributed by atoms with Gasteiger partial charge in [0.1, 0.15) is 11.9 Å². The number of imidazole rings is 1. The molecule has 1 fully saturated rings. The molecule has 0 bridgehead atoms. The summed E-state index contributed by atoms with van der Waals surface area (Å²) < 4.78 is 27.3. The molecule has 26 heavy (non-hydrogen) atoms. The highest BCUT2D eigenvalue weighted by Gasteiger charge is 2.33.